The van der Waals surface area contributed by atoms with Crippen molar-refractivity contribution in [3.8, 4) is 0 Å². The summed E-state index contributed by atoms with van der Waals surface area (Å²) < 4.78 is 0. The Bertz CT molecular complexity index is 266. The first-order valence-corrected chi connectivity index (χ1v) is 8.34. The fourth-order valence-electron chi connectivity index (χ4n) is 3.57. The van der Waals surface area contributed by atoms with Crippen LogP contribution < -0.4 is 5.32 Å². The molecule has 0 aromatic carbocycles. The van der Waals surface area contributed by atoms with Gasteiger partial charge in [-0.2, -0.15) is 0 Å². The fraction of sp³-hybridized carbons (Fsp3) is 0.938. The largest absolute Gasteiger partial charge is 0.338 e. The molecular weight excluding hydrogens is 236 g/mol. The molecule has 2 rings (SSSR count). The second kappa shape index (κ2) is 7.88. The van der Waals surface area contributed by atoms with Crippen molar-refractivity contribution < 1.29 is 4.79 Å². The van der Waals surface area contributed by atoms with E-state index >= 15 is 0 Å². The molecule has 1 N–H and O–H groups in total. The SMILES string of the molecule is CCCN(C(=O)C1CCCCCC1)C1CCCNC1. The molecule has 1 saturated heterocycles. The van der Waals surface area contributed by atoms with Crippen molar-refractivity contribution in [2.45, 2.75) is 70.8 Å². The van der Waals surface area contributed by atoms with E-state index in [9.17, 15) is 4.79 Å². The minimum Gasteiger partial charge on any atom is -0.338 e. The Hall–Kier alpha value is -0.570. The maximum absolute atomic E-state index is 12.8. The van der Waals surface area contributed by atoms with Crippen molar-refractivity contribution in [2.24, 2.45) is 5.92 Å². The Morgan fingerprint density at radius 2 is 1.84 bits per heavy atom. The van der Waals surface area contributed by atoms with Crippen LogP contribution in [0.25, 0.3) is 0 Å². The van der Waals surface area contributed by atoms with Gasteiger partial charge in [-0.1, -0.05) is 32.6 Å². The van der Waals surface area contributed by atoms with Gasteiger partial charge in [0.25, 0.3) is 0 Å². The van der Waals surface area contributed by atoms with E-state index in [0.717, 1.165) is 38.9 Å². The van der Waals surface area contributed by atoms with Crippen LogP contribution in [0.3, 0.4) is 0 Å². The van der Waals surface area contributed by atoms with Crippen molar-refractivity contribution in [1.29, 1.82) is 0 Å². The van der Waals surface area contributed by atoms with Crippen molar-refractivity contribution in [3.05, 3.63) is 0 Å². The highest BCUT2D eigenvalue weighted by atomic mass is 16.2. The summed E-state index contributed by atoms with van der Waals surface area (Å²) in [7, 11) is 0. The van der Waals surface area contributed by atoms with Gasteiger partial charge in [0.1, 0.15) is 0 Å². The van der Waals surface area contributed by atoms with Gasteiger partial charge in [-0.05, 0) is 38.6 Å². The summed E-state index contributed by atoms with van der Waals surface area (Å²) in [5.74, 6) is 0.772. The van der Waals surface area contributed by atoms with E-state index in [1.54, 1.807) is 0 Å². The standard InChI is InChI=1S/C16H30N2O/c1-2-12-18(15-10-7-11-17-13-15)16(19)14-8-5-3-4-6-9-14/h14-15,17H,2-13H2,1H3. The van der Waals surface area contributed by atoms with Gasteiger partial charge >= 0.3 is 0 Å². The molecular formula is C16H30N2O. The Balaban J connectivity index is 1.97. The lowest BCUT2D eigenvalue weighted by atomic mass is 9.96. The average Bonchev–Trinajstić information content (AvgIpc) is 2.74. The zero-order chi connectivity index (χ0) is 13.5. The predicted octanol–water partition coefficient (Wildman–Crippen LogP) is 2.95. The van der Waals surface area contributed by atoms with E-state index in [2.05, 4.69) is 17.1 Å². The zero-order valence-corrected chi connectivity index (χ0v) is 12.5. The second-order valence-electron chi connectivity index (χ2n) is 6.22. The van der Waals surface area contributed by atoms with Crippen LogP contribution in [0, 0.1) is 5.92 Å². The van der Waals surface area contributed by atoms with E-state index in [1.165, 1.54) is 38.5 Å². The minimum atomic E-state index is 0.316. The smallest absolute Gasteiger partial charge is 0.225 e. The van der Waals surface area contributed by atoms with Gasteiger partial charge in [-0.3, -0.25) is 4.79 Å². The van der Waals surface area contributed by atoms with Gasteiger partial charge in [0.15, 0.2) is 0 Å². The molecule has 1 unspecified atom stereocenters. The molecule has 0 bridgehead atoms. The van der Waals surface area contributed by atoms with E-state index in [0.29, 0.717) is 17.9 Å². The Labute approximate surface area is 118 Å². The van der Waals surface area contributed by atoms with Gasteiger partial charge in [0.2, 0.25) is 5.91 Å². The quantitative estimate of drug-likeness (QED) is 0.794. The minimum absolute atomic E-state index is 0.316. The number of nitrogens with one attached hydrogen (secondary N) is 1. The molecule has 3 heteroatoms. The number of nitrogens with zero attached hydrogens (tertiary/aromatic N) is 1. The van der Waals surface area contributed by atoms with Crippen molar-refractivity contribution in [1.82, 2.24) is 10.2 Å². The summed E-state index contributed by atoms with van der Waals surface area (Å²) in [4.78, 5) is 15.0. The highest BCUT2D eigenvalue weighted by Crippen LogP contribution is 2.26. The van der Waals surface area contributed by atoms with Gasteiger partial charge < -0.3 is 10.2 Å². The highest BCUT2D eigenvalue weighted by molar-refractivity contribution is 5.79. The lowest BCUT2D eigenvalue weighted by molar-refractivity contribution is -0.138. The number of piperidine rings is 1. The summed E-state index contributed by atoms with van der Waals surface area (Å²) in [5, 5.41) is 3.45. The molecule has 0 aromatic rings. The summed E-state index contributed by atoms with van der Waals surface area (Å²) in [6, 6.07) is 0.449. The summed E-state index contributed by atoms with van der Waals surface area (Å²) in [5.41, 5.74) is 0. The number of hydrogen-bond donors (Lipinski definition) is 1. The summed E-state index contributed by atoms with van der Waals surface area (Å²) >= 11 is 0. The van der Waals surface area contributed by atoms with Gasteiger partial charge in [0.05, 0.1) is 0 Å². The maximum Gasteiger partial charge on any atom is 0.225 e. The van der Waals surface area contributed by atoms with Crippen LogP contribution in [0.4, 0.5) is 0 Å². The van der Waals surface area contributed by atoms with Crippen molar-refractivity contribution >= 4 is 5.91 Å². The highest BCUT2D eigenvalue weighted by Gasteiger charge is 2.30. The lowest BCUT2D eigenvalue weighted by Crippen LogP contribution is -2.50. The van der Waals surface area contributed by atoms with Crippen molar-refractivity contribution in [2.75, 3.05) is 19.6 Å². The topological polar surface area (TPSA) is 32.3 Å². The molecule has 1 heterocycles. The molecule has 2 fully saturated rings. The molecule has 0 spiro atoms. The first-order chi connectivity index (χ1) is 9.33. The molecule has 1 saturated carbocycles. The van der Waals surface area contributed by atoms with Crippen LogP contribution in [0.5, 0.6) is 0 Å². The third-order valence-electron chi connectivity index (χ3n) is 4.66. The third-order valence-corrected chi connectivity index (χ3v) is 4.66. The van der Waals surface area contributed by atoms with Gasteiger partial charge in [-0.25, -0.2) is 0 Å². The zero-order valence-electron chi connectivity index (χ0n) is 12.5. The molecule has 1 aliphatic carbocycles. The molecule has 1 amide bonds. The van der Waals surface area contributed by atoms with Gasteiger partial charge in [-0.15, -0.1) is 0 Å². The molecule has 3 nitrogen and oxygen atoms in total. The lowest BCUT2D eigenvalue weighted by Gasteiger charge is -2.36. The maximum atomic E-state index is 12.8. The van der Waals surface area contributed by atoms with E-state index in [1.807, 2.05) is 0 Å². The van der Waals surface area contributed by atoms with Crippen LogP contribution in [0.1, 0.15) is 64.7 Å². The number of amides is 1. The number of carbonyl (C=O) groups excluding carboxylic acids is 1. The van der Waals surface area contributed by atoms with E-state index in [4.69, 9.17) is 0 Å². The van der Waals surface area contributed by atoms with Crippen LogP contribution in [0.2, 0.25) is 0 Å². The normalized spacial score (nSPS) is 25.8. The van der Waals surface area contributed by atoms with Crippen LogP contribution in [0.15, 0.2) is 0 Å². The van der Waals surface area contributed by atoms with E-state index in [-0.39, 0.29) is 0 Å². The first-order valence-electron chi connectivity index (χ1n) is 8.34. The van der Waals surface area contributed by atoms with Crippen LogP contribution in [-0.4, -0.2) is 36.5 Å². The Morgan fingerprint density at radius 3 is 2.42 bits per heavy atom. The molecule has 110 valence electrons. The molecule has 19 heavy (non-hydrogen) atoms. The van der Waals surface area contributed by atoms with Gasteiger partial charge in [0, 0.05) is 25.0 Å². The van der Waals surface area contributed by atoms with Crippen LogP contribution in [-0.2, 0) is 4.79 Å². The molecule has 1 atom stereocenters. The number of hydrogen-bond acceptors (Lipinski definition) is 2. The Morgan fingerprint density at radius 1 is 1.11 bits per heavy atom. The number of carbonyl (C=O) groups is 1. The monoisotopic (exact) mass is 266 g/mol. The number of rotatable bonds is 4. The fourth-order valence-corrected chi connectivity index (χ4v) is 3.57. The van der Waals surface area contributed by atoms with Crippen LogP contribution >= 0.6 is 0 Å². The van der Waals surface area contributed by atoms with E-state index < -0.39 is 0 Å². The average molecular weight is 266 g/mol. The molecule has 2 aliphatic rings. The molecule has 0 aromatic heterocycles. The second-order valence-corrected chi connectivity index (χ2v) is 6.22. The summed E-state index contributed by atoms with van der Waals surface area (Å²) in [6.45, 7) is 5.25. The molecule has 0 radical (unpaired) electrons. The first kappa shape index (κ1) is 14.8. The van der Waals surface area contributed by atoms with Crippen molar-refractivity contribution in [3.63, 3.8) is 0 Å². The predicted molar refractivity (Wildman–Crippen MR) is 79.1 cm³/mol. The molecule has 1 aliphatic heterocycles. The summed E-state index contributed by atoms with van der Waals surface area (Å²) in [6.07, 6.45) is 10.9. The third kappa shape index (κ3) is 4.20. The Kier molecular flexibility index (Phi) is 6.15.